The van der Waals surface area contributed by atoms with Gasteiger partial charge in [-0.3, -0.25) is 4.98 Å². The smallest absolute Gasteiger partial charge is 0.210 e. The standard InChI is InChI=1S/C19H26N4O2/c1-5-24-18-15(22-19(25-6-2)17(23-18)12(3)4)9-13-10-21-16-11-20-8-7-14(13)16/h7-8,10-12,15,17,21H,5-6,9H2,1-4H3/t15-,17+/m1/s1. The first kappa shape index (κ1) is 17.5. The minimum atomic E-state index is -0.163. The lowest BCUT2D eigenvalue weighted by Gasteiger charge is -2.28. The van der Waals surface area contributed by atoms with E-state index >= 15 is 0 Å². The molecule has 0 aliphatic carbocycles. The molecule has 0 aromatic carbocycles. The Labute approximate surface area is 148 Å². The Balaban J connectivity index is 1.92. The highest BCUT2D eigenvalue weighted by Crippen LogP contribution is 2.23. The van der Waals surface area contributed by atoms with Crippen molar-refractivity contribution in [1.82, 2.24) is 9.97 Å². The second kappa shape index (κ2) is 7.68. The van der Waals surface area contributed by atoms with Crippen LogP contribution in [0.3, 0.4) is 0 Å². The predicted octanol–water partition coefficient (Wildman–Crippen LogP) is 3.38. The summed E-state index contributed by atoms with van der Waals surface area (Å²) in [4.78, 5) is 17.1. The minimum Gasteiger partial charge on any atom is -0.480 e. The predicted molar refractivity (Wildman–Crippen MR) is 100 cm³/mol. The van der Waals surface area contributed by atoms with Crippen LogP contribution in [0.2, 0.25) is 0 Å². The van der Waals surface area contributed by atoms with E-state index in [1.54, 1.807) is 0 Å². The van der Waals surface area contributed by atoms with Crippen LogP contribution in [0.5, 0.6) is 0 Å². The van der Waals surface area contributed by atoms with Crippen molar-refractivity contribution < 1.29 is 9.47 Å². The van der Waals surface area contributed by atoms with Gasteiger partial charge in [-0.1, -0.05) is 13.8 Å². The summed E-state index contributed by atoms with van der Waals surface area (Å²) in [6.07, 6.45) is 6.37. The Morgan fingerprint density at radius 2 is 1.88 bits per heavy atom. The molecule has 0 fully saturated rings. The van der Waals surface area contributed by atoms with Crippen LogP contribution in [0.4, 0.5) is 0 Å². The average Bonchev–Trinajstić information content (AvgIpc) is 3.00. The first-order chi connectivity index (χ1) is 12.1. The first-order valence-electron chi connectivity index (χ1n) is 8.95. The summed E-state index contributed by atoms with van der Waals surface area (Å²) in [7, 11) is 0. The molecule has 2 aromatic heterocycles. The lowest BCUT2D eigenvalue weighted by Crippen LogP contribution is -2.39. The van der Waals surface area contributed by atoms with Crippen molar-refractivity contribution >= 4 is 22.7 Å². The third-order valence-electron chi connectivity index (χ3n) is 4.29. The van der Waals surface area contributed by atoms with Crippen molar-refractivity contribution in [3.63, 3.8) is 0 Å². The Morgan fingerprint density at radius 1 is 1.12 bits per heavy atom. The van der Waals surface area contributed by atoms with E-state index in [1.165, 1.54) is 5.56 Å². The van der Waals surface area contributed by atoms with Gasteiger partial charge in [0.2, 0.25) is 11.8 Å². The van der Waals surface area contributed by atoms with Gasteiger partial charge in [-0.05, 0) is 31.4 Å². The zero-order chi connectivity index (χ0) is 17.8. The molecular weight excluding hydrogens is 316 g/mol. The first-order valence-corrected chi connectivity index (χ1v) is 8.95. The lowest BCUT2D eigenvalue weighted by atomic mass is 10.0. The zero-order valence-corrected chi connectivity index (χ0v) is 15.3. The maximum absolute atomic E-state index is 5.83. The fourth-order valence-electron chi connectivity index (χ4n) is 3.09. The van der Waals surface area contributed by atoms with Crippen LogP contribution in [0.25, 0.3) is 10.9 Å². The van der Waals surface area contributed by atoms with Gasteiger partial charge in [0.05, 0.1) is 24.9 Å². The Hall–Kier alpha value is -2.37. The number of nitrogens with zero attached hydrogens (tertiary/aromatic N) is 3. The Morgan fingerprint density at radius 3 is 2.60 bits per heavy atom. The van der Waals surface area contributed by atoms with Crippen molar-refractivity contribution in [2.75, 3.05) is 13.2 Å². The molecule has 0 saturated heterocycles. The van der Waals surface area contributed by atoms with Crippen LogP contribution in [-0.4, -0.2) is 47.1 Å². The summed E-state index contributed by atoms with van der Waals surface area (Å²) in [6.45, 7) is 9.37. The number of pyridine rings is 1. The summed E-state index contributed by atoms with van der Waals surface area (Å²) >= 11 is 0. The second-order valence-corrected chi connectivity index (χ2v) is 6.44. The largest absolute Gasteiger partial charge is 0.480 e. The van der Waals surface area contributed by atoms with E-state index in [4.69, 9.17) is 19.5 Å². The highest BCUT2D eigenvalue weighted by atomic mass is 16.5. The van der Waals surface area contributed by atoms with Gasteiger partial charge in [0.1, 0.15) is 12.1 Å². The molecule has 2 aromatic rings. The molecule has 0 saturated carbocycles. The van der Waals surface area contributed by atoms with Gasteiger partial charge in [0.25, 0.3) is 0 Å². The van der Waals surface area contributed by atoms with E-state index in [0.717, 1.165) is 10.9 Å². The normalized spacial score (nSPS) is 20.5. The van der Waals surface area contributed by atoms with E-state index in [2.05, 4.69) is 23.8 Å². The van der Waals surface area contributed by atoms with Crippen molar-refractivity contribution in [3.8, 4) is 0 Å². The third kappa shape index (κ3) is 3.67. The van der Waals surface area contributed by atoms with Gasteiger partial charge < -0.3 is 14.5 Å². The monoisotopic (exact) mass is 342 g/mol. The van der Waals surface area contributed by atoms with Gasteiger partial charge in [-0.25, -0.2) is 9.98 Å². The number of aliphatic imine (C=N–C) groups is 2. The molecule has 1 aliphatic heterocycles. The second-order valence-electron chi connectivity index (χ2n) is 6.44. The molecular formula is C19H26N4O2. The molecule has 25 heavy (non-hydrogen) atoms. The highest BCUT2D eigenvalue weighted by Gasteiger charge is 2.31. The van der Waals surface area contributed by atoms with Gasteiger partial charge in [0.15, 0.2) is 0 Å². The molecule has 3 heterocycles. The number of hydrogen-bond donors (Lipinski definition) is 1. The zero-order valence-electron chi connectivity index (χ0n) is 15.3. The summed E-state index contributed by atoms with van der Waals surface area (Å²) < 4.78 is 11.6. The lowest BCUT2D eigenvalue weighted by molar-refractivity contribution is 0.276. The number of rotatable bonds is 5. The van der Waals surface area contributed by atoms with Crippen molar-refractivity contribution in [3.05, 3.63) is 30.2 Å². The SMILES string of the molecule is CCOC1=N[C@H](Cc2c[nH]c3cnccc23)C(OCC)=N[C@H]1C(C)C. The Kier molecular flexibility index (Phi) is 5.36. The molecule has 0 bridgehead atoms. The van der Waals surface area contributed by atoms with Gasteiger partial charge in [-0.15, -0.1) is 0 Å². The number of nitrogens with one attached hydrogen (secondary N) is 1. The van der Waals surface area contributed by atoms with Gasteiger partial charge in [0, 0.05) is 24.2 Å². The number of aromatic amines is 1. The quantitative estimate of drug-likeness (QED) is 0.905. The molecule has 3 rings (SSSR count). The van der Waals surface area contributed by atoms with Crippen LogP contribution < -0.4 is 0 Å². The summed E-state index contributed by atoms with van der Waals surface area (Å²) in [6, 6.07) is 1.78. The molecule has 6 nitrogen and oxygen atoms in total. The highest BCUT2D eigenvalue weighted by molar-refractivity contribution is 5.95. The molecule has 6 heteroatoms. The molecule has 134 valence electrons. The van der Waals surface area contributed by atoms with Crippen molar-refractivity contribution in [1.29, 1.82) is 0 Å². The maximum atomic E-state index is 5.83. The van der Waals surface area contributed by atoms with E-state index in [0.29, 0.717) is 37.3 Å². The summed E-state index contributed by atoms with van der Waals surface area (Å²) in [5.41, 5.74) is 2.20. The van der Waals surface area contributed by atoms with Crippen LogP contribution in [0.15, 0.2) is 34.6 Å². The number of hydrogen-bond acceptors (Lipinski definition) is 5. The van der Waals surface area contributed by atoms with Crippen LogP contribution in [-0.2, 0) is 15.9 Å². The molecule has 1 N–H and O–H groups in total. The third-order valence-corrected chi connectivity index (χ3v) is 4.29. The summed E-state index contributed by atoms with van der Waals surface area (Å²) in [5, 5.41) is 1.16. The molecule has 0 amide bonds. The summed E-state index contributed by atoms with van der Waals surface area (Å²) in [5.74, 6) is 1.72. The fourth-order valence-corrected chi connectivity index (χ4v) is 3.09. The van der Waals surface area contributed by atoms with Crippen LogP contribution >= 0.6 is 0 Å². The van der Waals surface area contributed by atoms with Crippen molar-refractivity contribution in [2.24, 2.45) is 15.9 Å². The maximum Gasteiger partial charge on any atom is 0.210 e. The molecule has 0 radical (unpaired) electrons. The fraction of sp³-hybridized carbons (Fsp3) is 0.526. The van der Waals surface area contributed by atoms with Gasteiger partial charge in [-0.2, -0.15) is 0 Å². The molecule has 1 aliphatic rings. The van der Waals surface area contributed by atoms with E-state index in [1.807, 2.05) is 38.5 Å². The van der Waals surface area contributed by atoms with E-state index < -0.39 is 0 Å². The molecule has 0 spiro atoms. The van der Waals surface area contributed by atoms with Crippen molar-refractivity contribution in [2.45, 2.75) is 46.2 Å². The number of aromatic nitrogens is 2. The van der Waals surface area contributed by atoms with Crippen LogP contribution in [0.1, 0.15) is 33.3 Å². The topological polar surface area (TPSA) is 71.9 Å². The number of fused-ring (bicyclic) bond motifs is 1. The molecule has 0 unspecified atom stereocenters. The minimum absolute atomic E-state index is 0.0788. The van der Waals surface area contributed by atoms with E-state index in [9.17, 15) is 0 Å². The molecule has 2 atom stereocenters. The van der Waals surface area contributed by atoms with E-state index in [-0.39, 0.29) is 12.1 Å². The number of ether oxygens (including phenoxy) is 2. The average molecular weight is 342 g/mol. The van der Waals surface area contributed by atoms with Gasteiger partial charge >= 0.3 is 0 Å². The Bertz CT molecular complexity index is 779. The van der Waals surface area contributed by atoms with Crippen LogP contribution in [0, 0.1) is 5.92 Å². The number of H-pyrrole nitrogens is 1.